The first-order valence-electron chi connectivity index (χ1n) is 16.1. The van der Waals surface area contributed by atoms with Crippen molar-refractivity contribution in [3.8, 4) is 28.1 Å². The average molecular weight is 711 g/mol. The van der Waals surface area contributed by atoms with Gasteiger partial charge < -0.3 is 20.7 Å². The molecule has 0 fully saturated rings. The molecule has 1 unspecified atom stereocenters. The van der Waals surface area contributed by atoms with E-state index in [0.29, 0.717) is 16.4 Å². The van der Waals surface area contributed by atoms with Crippen molar-refractivity contribution in [1.29, 1.82) is 0 Å². The Morgan fingerprint density at radius 1 is 0.745 bits per heavy atom. The number of methoxy groups -OCH3 is 1. The Balaban J connectivity index is 1.09. The number of rotatable bonds is 12. The van der Waals surface area contributed by atoms with Gasteiger partial charge in [-0.25, -0.2) is 4.98 Å². The predicted molar refractivity (Wildman–Crippen MR) is 207 cm³/mol. The van der Waals surface area contributed by atoms with Gasteiger partial charge >= 0.3 is 0 Å². The number of aromatic nitrogens is 1. The minimum atomic E-state index is -0.475. The predicted octanol–water partition coefficient (Wildman–Crippen LogP) is 9.01. The molecule has 3 N–H and O–H groups in total. The van der Waals surface area contributed by atoms with Crippen LogP contribution in [-0.2, 0) is 9.59 Å². The van der Waals surface area contributed by atoms with Gasteiger partial charge in [0.1, 0.15) is 11.4 Å². The lowest BCUT2D eigenvalue weighted by Gasteiger charge is -2.13. The van der Waals surface area contributed by atoms with Gasteiger partial charge in [-0.1, -0.05) is 72.8 Å². The molecular formula is C41H34N4O4S2. The summed E-state index contributed by atoms with van der Waals surface area (Å²) in [7, 11) is 1.62. The number of hydrogen-bond acceptors (Lipinski definition) is 7. The number of benzene rings is 5. The molecule has 0 saturated heterocycles. The summed E-state index contributed by atoms with van der Waals surface area (Å²) in [6.45, 7) is 1.83. The van der Waals surface area contributed by atoms with Crippen molar-refractivity contribution in [2.24, 2.45) is 0 Å². The topological polar surface area (TPSA) is 109 Å². The van der Waals surface area contributed by atoms with E-state index in [4.69, 9.17) is 4.74 Å². The zero-order valence-corrected chi connectivity index (χ0v) is 29.5. The van der Waals surface area contributed by atoms with Crippen LogP contribution in [0.15, 0.2) is 149 Å². The van der Waals surface area contributed by atoms with Crippen LogP contribution in [0.5, 0.6) is 5.75 Å². The molecule has 1 atom stereocenters. The van der Waals surface area contributed by atoms with E-state index in [1.807, 2.05) is 109 Å². The maximum Gasteiger partial charge on any atom is 0.272 e. The fourth-order valence-corrected chi connectivity index (χ4v) is 6.61. The van der Waals surface area contributed by atoms with Crippen LogP contribution in [-0.4, -0.2) is 35.1 Å². The number of carbonyl (C=O) groups excluding carboxylic acids is 3. The zero-order chi connectivity index (χ0) is 35.6. The highest BCUT2D eigenvalue weighted by Gasteiger charge is 2.18. The SMILES string of the molecule is COc1ccc(-c2csc(NC(=O)C(C)Sc3ccc(NC(=O)/C(=C/c4ccc(-c5ccccc5)cc4)NC(=O)c4ccccc4)cc3)n2)cc1. The Morgan fingerprint density at radius 2 is 1.37 bits per heavy atom. The molecule has 0 aliphatic heterocycles. The van der Waals surface area contributed by atoms with Gasteiger partial charge in [0, 0.05) is 27.1 Å². The summed E-state index contributed by atoms with van der Waals surface area (Å²) in [5.41, 5.74) is 5.64. The number of thiazole rings is 1. The molecule has 5 aromatic carbocycles. The normalized spacial score (nSPS) is 11.7. The Morgan fingerprint density at radius 3 is 2.04 bits per heavy atom. The molecule has 0 bridgehead atoms. The van der Waals surface area contributed by atoms with Crippen molar-refractivity contribution < 1.29 is 19.1 Å². The number of amides is 3. The highest BCUT2D eigenvalue weighted by Crippen LogP contribution is 2.29. The number of hydrogen-bond donors (Lipinski definition) is 3. The van der Waals surface area contributed by atoms with Crippen molar-refractivity contribution in [2.75, 3.05) is 17.7 Å². The van der Waals surface area contributed by atoms with Crippen LogP contribution < -0.4 is 20.7 Å². The highest BCUT2D eigenvalue weighted by molar-refractivity contribution is 8.00. The second-order valence-electron chi connectivity index (χ2n) is 11.4. The van der Waals surface area contributed by atoms with Crippen LogP contribution >= 0.6 is 23.1 Å². The van der Waals surface area contributed by atoms with E-state index in [-0.39, 0.29) is 11.6 Å². The van der Waals surface area contributed by atoms with Crippen molar-refractivity contribution in [3.63, 3.8) is 0 Å². The first kappa shape index (κ1) is 34.9. The van der Waals surface area contributed by atoms with Crippen LogP contribution in [0.1, 0.15) is 22.8 Å². The Kier molecular flexibility index (Phi) is 11.4. The number of anilines is 2. The van der Waals surface area contributed by atoms with Crippen LogP contribution in [0.3, 0.4) is 0 Å². The minimum absolute atomic E-state index is 0.0948. The lowest BCUT2D eigenvalue weighted by Crippen LogP contribution is -2.30. The molecule has 10 heteroatoms. The van der Waals surface area contributed by atoms with E-state index in [1.165, 1.54) is 23.1 Å². The quantitative estimate of drug-likeness (QED) is 0.0864. The lowest BCUT2D eigenvalue weighted by molar-refractivity contribution is -0.115. The Labute approximate surface area is 304 Å². The second-order valence-corrected chi connectivity index (χ2v) is 13.6. The van der Waals surface area contributed by atoms with E-state index < -0.39 is 17.1 Å². The molecule has 0 spiro atoms. The molecule has 51 heavy (non-hydrogen) atoms. The van der Waals surface area contributed by atoms with Crippen molar-refractivity contribution in [3.05, 3.63) is 156 Å². The largest absolute Gasteiger partial charge is 0.497 e. The minimum Gasteiger partial charge on any atom is -0.497 e. The average Bonchev–Trinajstić information content (AvgIpc) is 3.64. The van der Waals surface area contributed by atoms with Gasteiger partial charge in [-0.15, -0.1) is 23.1 Å². The summed E-state index contributed by atoms with van der Waals surface area (Å²) < 4.78 is 5.22. The van der Waals surface area contributed by atoms with Crippen molar-refractivity contribution in [1.82, 2.24) is 10.3 Å². The number of nitrogens with one attached hydrogen (secondary N) is 3. The van der Waals surface area contributed by atoms with E-state index >= 15 is 0 Å². The maximum absolute atomic E-state index is 13.6. The van der Waals surface area contributed by atoms with Crippen molar-refractivity contribution in [2.45, 2.75) is 17.1 Å². The summed E-state index contributed by atoms with van der Waals surface area (Å²) in [4.78, 5) is 45.0. The summed E-state index contributed by atoms with van der Waals surface area (Å²) in [5.74, 6) is -0.281. The van der Waals surface area contributed by atoms with Gasteiger partial charge in [0.25, 0.3) is 11.8 Å². The third kappa shape index (κ3) is 9.39. The maximum atomic E-state index is 13.6. The van der Waals surface area contributed by atoms with Gasteiger partial charge in [-0.3, -0.25) is 14.4 Å². The van der Waals surface area contributed by atoms with Gasteiger partial charge in [-0.05, 0) is 90.4 Å². The smallest absolute Gasteiger partial charge is 0.272 e. The first-order valence-corrected chi connectivity index (χ1v) is 17.8. The fourth-order valence-electron chi connectivity index (χ4n) is 5.02. The van der Waals surface area contributed by atoms with Crippen LogP contribution in [0, 0.1) is 0 Å². The molecule has 254 valence electrons. The summed E-state index contributed by atoms with van der Waals surface area (Å²) in [5, 5.41) is 10.6. The molecular weight excluding hydrogens is 677 g/mol. The van der Waals surface area contributed by atoms with Crippen molar-refractivity contribution >= 4 is 57.7 Å². The second kappa shape index (κ2) is 16.6. The molecule has 8 nitrogen and oxygen atoms in total. The molecule has 0 aliphatic rings. The monoisotopic (exact) mass is 710 g/mol. The highest BCUT2D eigenvalue weighted by atomic mass is 32.2. The number of carbonyl (C=O) groups is 3. The zero-order valence-electron chi connectivity index (χ0n) is 27.8. The Hall–Kier alpha value is -5.97. The standard InChI is InChI=1S/C41H34N4O4S2/c1-27(38(46)45-41-44-37(26-50-41)31-17-21-34(49-2)22-18-31)51-35-23-19-33(20-24-35)42-40(48)36(43-39(47)32-11-7-4-8-12-32)25-28-13-15-30(16-14-28)29-9-5-3-6-10-29/h3-27H,1-2H3,(H,42,48)(H,43,47)(H,44,45,46)/b36-25-. The van der Waals surface area contributed by atoms with Gasteiger partial charge in [0.15, 0.2) is 5.13 Å². The first-order chi connectivity index (χ1) is 24.8. The third-order valence-electron chi connectivity index (χ3n) is 7.77. The molecule has 6 aromatic rings. The molecule has 1 heterocycles. The summed E-state index contributed by atoms with van der Waals surface area (Å²) in [6, 6.07) is 41.3. The van der Waals surface area contributed by atoms with Crippen LogP contribution in [0.4, 0.5) is 10.8 Å². The van der Waals surface area contributed by atoms with Gasteiger partial charge in [0.2, 0.25) is 5.91 Å². The number of nitrogens with zero attached hydrogens (tertiary/aromatic N) is 1. The van der Waals surface area contributed by atoms with E-state index in [9.17, 15) is 14.4 Å². The molecule has 0 saturated carbocycles. The van der Waals surface area contributed by atoms with Crippen LogP contribution in [0.2, 0.25) is 0 Å². The summed E-state index contributed by atoms with van der Waals surface area (Å²) in [6.07, 6.45) is 1.65. The Bertz CT molecular complexity index is 2130. The fraction of sp³-hybridized carbons (Fsp3) is 0.0732. The number of thioether (sulfide) groups is 1. The van der Waals surface area contributed by atoms with Gasteiger partial charge in [-0.2, -0.15) is 0 Å². The molecule has 0 aliphatic carbocycles. The van der Waals surface area contributed by atoms with E-state index in [1.54, 1.807) is 49.6 Å². The summed E-state index contributed by atoms with van der Waals surface area (Å²) >= 11 is 2.75. The van der Waals surface area contributed by atoms with E-state index in [2.05, 4.69) is 20.9 Å². The molecule has 6 rings (SSSR count). The molecule has 0 radical (unpaired) electrons. The van der Waals surface area contributed by atoms with E-state index in [0.717, 1.165) is 38.6 Å². The van der Waals surface area contributed by atoms with Gasteiger partial charge in [0.05, 0.1) is 18.1 Å². The molecule has 1 aromatic heterocycles. The third-order valence-corrected chi connectivity index (χ3v) is 9.64. The number of ether oxygens (including phenoxy) is 1. The lowest BCUT2D eigenvalue weighted by atomic mass is 10.0. The molecule has 3 amide bonds. The van der Waals surface area contributed by atoms with Crippen LogP contribution in [0.25, 0.3) is 28.5 Å².